The molecule has 2 aromatic rings. The van der Waals surface area contributed by atoms with Crippen LogP contribution in [-0.2, 0) is 20.4 Å². The van der Waals surface area contributed by atoms with E-state index in [4.69, 9.17) is 4.74 Å². The second kappa shape index (κ2) is 11.6. The molecule has 4 atom stereocenters. The maximum absolute atomic E-state index is 13.4. The number of anilines is 1. The van der Waals surface area contributed by atoms with Crippen molar-refractivity contribution >= 4 is 32.3 Å². The molecule has 0 radical (unpaired) electrons. The van der Waals surface area contributed by atoms with E-state index in [1.54, 1.807) is 0 Å². The van der Waals surface area contributed by atoms with E-state index in [2.05, 4.69) is 9.97 Å². The van der Waals surface area contributed by atoms with Gasteiger partial charge in [-0.1, -0.05) is 0 Å². The number of fused-ring (bicyclic) bond motifs is 2. The predicted molar refractivity (Wildman–Crippen MR) is 139 cm³/mol. The highest BCUT2D eigenvalue weighted by Gasteiger charge is 2.71. The SMILES string of the molecule is O=[N+]([O-])c1ccc(S(=O)(=O)N2CCN(c3ncc(C(O)(C(F)(F)F)C(F)(F)F)cn3)[C@@H](CN3C4COC[C@@H]3CC(O)C4)C2)s1. The summed E-state index contributed by atoms with van der Waals surface area (Å²) in [7, 11) is -4.23. The van der Waals surface area contributed by atoms with Crippen molar-refractivity contribution in [2.45, 2.75) is 59.2 Å². The molecule has 21 heteroatoms. The van der Waals surface area contributed by atoms with Gasteiger partial charge in [0, 0.05) is 62.3 Å². The Morgan fingerprint density at radius 2 is 1.64 bits per heavy atom. The molecule has 244 valence electrons. The summed E-state index contributed by atoms with van der Waals surface area (Å²) in [5.74, 6) is -0.298. The van der Waals surface area contributed by atoms with E-state index in [0.717, 1.165) is 16.4 Å². The summed E-state index contributed by atoms with van der Waals surface area (Å²) in [6.07, 6.45) is -11.7. The molecule has 0 amide bonds. The smallest absolute Gasteiger partial charge is 0.393 e. The number of aliphatic hydroxyl groups is 2. The molecular formula is C23H26F6N6O7S2. The van der Waals surface area contributed by atoms with Gasteiger partial charge < -0.3 is 19.8 Å². The number of alkyl halides is 6. The number of hydrogen-bond donors (Lipinski definition) is 2. The molecule has 3 aliphatic rings. The molecule has 0 spiro atoms. The van der Waals surface area contributed by atoms with Crippen LogP contribution in [0.3, 0.4) is 0 Å². The van der Waals surface area contributed by atoms with Crippen LogP contribution in [0.1, 0.15) is 18.4 Å². The van der Waals surface area contributed by atoms with Gasteiger partial charge in [0.05, 0.1) is 30.3 Å². The normalized spacial score (nSPS) is 26.1. The van der Waals surface area contributed by atoms with Crippen LogP contribution in [0.25, 0.3) is 0 Å². The van der Waals surface area contributed by atoms with Gasteiger partial charge in [-0.25, -0.2) is 18.4 Å². The Morgan fingerprint density at radius 1 is 1.05 bits per heavy atom. The lowest BCUT2D eigenvalue weighted by Gasteiger charge is -2.50. The predicted octanol–water partition coefficient (Wildman–Crippen LogP) is 1.86. The third kappa shape index (κ3) is 5.85. The molecule has 2 bridgehead atoms. The Balaban J connectivity index is 1.46. The lowest BCUT2D eigenvalue weighted by atomic mass is 9.91. The second-order valence-corrected chi connectivity index (χ2v) is 13.9. The van der Waals surface area contributed by atoms with Crippen LogP contribution in [0, 0.1) is 10.1 Å². The first-order valence-electron chi connectivity index (χ1n) is 13.1. The number of sulfonamides is 1. The van der Waals surface area contributed by atoms with E-state index >= 15 is 0 Å². The first kappa shape index (κ1) is 32.7. The highest BCUT2D eigenvalue weighted by atomic mass is 32.2. The third-order valence-electron chi connectivity index (χ3n) is 7.99. The fraction of sp³-hybridized carbons (Fsp3) is 0.652. The molecule has 0 aromatic carbocycles. The number of aromatic nitrogens is 2. The zero-order valence-electron chi connectivity index (χ0n) is 22.5. The summed E-state index contributed by atoms with van der Waals surface area (Å²) in [4.78, 5) is 21.3. The molecule has 3 aliphatic heterocycles. The zero-order chi connectivity index (χ0) is 32.2. The number of piperazine rings is 1. The molecule has 3 saturated heterocycles. The van der Waals surface area contributed by atoms with Gasteiger partial charge >= 0.3 is 17.4 Å². The molecule has 3 fully saturated rings. The lowest BCUT2D eigenvalue weighted by molar-refractivity contribution is -0.380. The summed E-state index contributed by atoms with van der Waals surface area (Å²) < 4.78 is 114. The van der Waals surface area contributed by atoms with Crippen LogP contribution in [0.5, 0.6) is 0 Å². The minimum absolute atomic E-state index is 0.137. The Hall–Kier alpha value is -2.69. The zero-order valence-corrected chi connectivity index (χ0v) is 24.1. The number of nitro groups is 1. The highest BCUT2D eigenvalue weighted by Crippen LogP contribution is 2.49. The van der Waals surface area contributed by atoms with Crippen LogP contribution in [0.4, 0.5) is 37.3 Å². The Labute approximate surface area is 249 Å². The summed E-state index contributed by atoms with van der Waals surface area (Å²) in [5, 5.41) is 30.7. The number of piperidine rings is 1. The largest absolute Gasteiger partial charge is 0.430 e. The van der Waals surface area contributed by atoms with Crippen LogP contribution >= 0.6 is 11.3 Å². The number of thiophene rings is 1. The maximum Gasteiger partial charge on any atom is 0.430 e. The Bertz CT molecular complexity index is 1450. The summed E-state index contributed by atoms with van der Waals surface area (Å²) in [6.45, 7) is 0.122. The van der Waals surface area contributed by atoms with Crippen LogP contribution in [0.2, 0.25) is 0 Å². The van der Waals surface area contributed by atoms with Crippen molar-refractivity contribution in [1.29, 1.82) is 0 Å². The summed E-state index contributed by atoms with van der Waals surface area (Å²) in [5.41, 5.74) is -6.87. The van der Waals surface area contributed by atoms with Crippen LogP contribution in [0.15, 0.2) is 28.7 Å². The summed E-state index contributed by atoms with van der Waals surface area (Å²) in [6, 6.07) is 0.884. The van der Waals surface area contributed by atoms with Crippen molar-refractivity contribution in [2.75, 3.05) is 44.3 Å². The standard InChI is InChI=1S/C23H26F6N6O7S2/c24-22(25,26)21(37,23(27,28)29)13-7-30-20(31-8-13)33-4-3-32(44(40,41)19-2-1-18(43-19)35(38)39)9-16(33)10-34-14-5-17(36)6-15(34)12-42-11-14/h1-2,7-8,14-17,36-37H,3-6,9-12H2/t14-,15?,16+,17?/m0/s1. The lowest BCUT2D eigenvalue weighted by Crippen LogP contribution is -2.64. The number of hydrogen-bond acceptors (Lipinski definition) is 12. The Morgan fingerprint density at radius 3 is 2.16 bits per heavy atom. The van der Waals surface area contributed by atoms with Crippen molar-refractivity contribution in [2.24, 2.45) is 0 Å². The number of ether oxygens (including phenoxy) is 1. The fourth-order valence-electron chi connectivity index (χ4n) is 5.79. The van der Waals surface area contributed by atoms with Gasteiger partial charge in [-0.05, 0) is 30.2 Å². The molecule has 5 heterocycles. The first-order chi connectivity index (χ1) is 20.4. The molecule has 0 saturated carbocycles. The van der Waals surface area contributed by atoms with Gasteiger partial charge in [-0.2, -0.15) is 30.6 Å². The average Bonchev–Trinajstić information content (AvgIpc) is 3.44. The monoisotopic (exact) mass is 676 g/mol. The second-order valence-electron chi connectivity index (χ2n) is 10.7. The minimum atomic E-state index is -6.13. The molecule has 2 N–H and O–H groups in total. The van der Waals surface area contributed by atoms with E-state index in [0.29, 0.717) is 24.2 Å². The number of nitrogens with zero attached hydrogens (tertiary/aromatic N) is 6. The molecule has 0 aliphatic carbocycles. The van der Waals surface area contributed by atoms with E-state index in [1.807, 2.05) is 4.90 Å². The van der Waals surface area contributed by atoms with Crippen molar-refractivity contribution in [3.8, 4) is 0 Å². The van der Waals surface area contributed by atoms with E-state index in [9.17, 15) is 55.1 Å². The van der Waals surface area contributed by atoms with Gasteiger partial charge in [-0.15, -0.1) is 0 Å². The topological polar surface area (TPSA) is 162 Å². The Kier molecular flexibility index (Phi) is 8.61. The van der Waals surface area contributed by atoms with Crippen LogP contribution < -0.4 is 4.90 Å². The van der Waals surface area contributed by atoms with Gasteiger partial charge in [0.25, 0.3) is 15.6 Å². The van der Waals surface area contributed by atoms with Crippen molar-refractivity contribution in [3.05, 3.63) is 40.2 Å². The van der Waals surface area contributed by atoms with Gasteiger partial charge in [0.1, 0.15) is 4.21 Å². The van der Waals surface area contributed by atoms with Crippen molar-refractivity contribution in [3.63, 3.8) is 0 Å². The molecule has 13 nitrogen and oxygen atoms in total. The van der Waals surface area contributed by atoms with E-state index in [-0.39, 0.29) is 79.0 Å². The quantitative estimate of drug-likeness (QED) is 0.250. The van der Waals surface area contributed by atoms with E-state index < -0.39 is 50.6 Å². The van der Waals surface area contributed by atoms with Crippen molar-refractivity contribution < 1.29 is 54.6 Å². The maximum atomic E-state index is 13.4. The molecular weight excluding hydrogens is 650 g/mol. The number of rotatable bonds is 7. The summed E-state index contributed by atoms with van der Waals surface area (Å²) >= 11 is 0.468. The highest BCUT2D eigenvalue weighted by molar-refractivity contribution is 7.91. The average molecular weight is 677 g/mol. The van der Waals surface area contributed by atoms with Gasteiger partial charge in [0.15, 0.2) is 0 Å². The number of halogens is 6. The van der Waals surface area contributed by atoms with E-state index in [1.165, 1.54) is 4.90 Å². The third-order valence-corrected chi connectivity index (χ3v) is 11.4. The fourth-order valence-corrected chi connectivity index (χ4v) is 8.52. The minimum Gasteiger partial charge on any atom is -0.393 e. The van der Waals surface area contributed by atoms with Gasteiger partial charge in [-0.3, -0.25) is 15.0 Å². The molecule has 5 rings (SSSR count). The number of morpholine rings is 1. The van der Waals surface area contributed by atoms with Crippen LogP contribution in [-0.4, -0.2) is 119 Å². The first-order valence-corrected chi connectivity index (χ1v) is 15.4. The molecule has 2 aromatic heterocycles. The molecule has 44 heavy (non-hydrogen) atoms. The molecule has 2 unspecified atom stereocenters. The number of aliphatic hydroxyl groups excluding tert-OH is 1. The van der Waals surface area contributed by atoms with Crippen molar-refractivity contribution in [1.82, 2.24) is 19.2 Å². The van der Waals surface area contributed by atoms with Gasteiger partial charge in [0.2, 0.25) is 5.95 Å².